The van der Waals surface area contributed by atoms with Crippen molar-refractivity contribution < 1.29 is 5.11 Å². The van der Waals surface area contributed by atoms with E-state index in [0.29, 0.717) is 6.54 Å². The van der Waals surface area contributed by atoms with Crippen LogP contribution in [0.5, 0.6) is 0 Å². The molecule has 0 bridgehead atoms. The lowest BCUT2D eigenvalue weighted by molar-refractivity contribution is 0.165. The molecular formula is C13H20N2O. The molecule has 0 saturated carbocycles. The van der Waals surface area contributed by atoms with E-state index in [1.54, 1.807) is 0 Å². The van der Waals surface area contributed by atoms with Gasteiger partial charge >= 0.3 is 0 Å². The Morgan fingerprint density at radius 2 is 2.31 bits per heavy atom. The number of rotatable bonds is 4. The average molecular weight is 220 g/mol. The second kappa shape index (κ2) is 4.85. The van der Waals surface area contributed by atoms with Crippen LogP contribution in [-0.2, 0) is 6.42 Å². The molecule has 0 fully saturated rings. The zero-order valence-electron chi connectivity index (χ0n) is 9.82. The molecule has 3 heteroatoms. The maximum Gasteiger partial charge on any atom is 0.0790 e. The summed E-state index contributed by atoms with van der Waals surface area (Å²) in [5.74, 6) is 0. The van der Waals surface area contributed by atoms with Crippen LogP contribution in [0.1, 0.15) is 30.1 Å². The predicted octanol–water partition coefficient (Wildman–Crippen LogP) is 1.45. The van der Waals surface area contributed by atoms with E-state index in [4.69, 9.17) is 5.73 Å². The van der Waals surface area contributed by atoms with Crippen LogP contribution >= 0.6 is 0 Å². The van der Waals surface area contributed by atoms with E-state index in [1.807, 2.05) is 6.07 Å². The summed E-state index contributed by atoms with van der Waals surface area (Å²) >= 11 is 0. The Morgan fingerprint density at radius 1 is 1.50 bits per heavy atom. The van der Waals surface area contributed by atoms with Crippen molar-refractivity contribution >= 4 is 5.69 Å². The summed E-state index contributed by atoms with van der Waals surface area (Å²) in [5.41, 5.74) is 9.13. The molecule has 1 aromatic carbocycles. The van der Waals surface area contributed by atoms with Crippen molar-refractivity contribution in [3.05, 3.63) is 29.3 Å². The fourth-order valence-corrected chi connectivity index (χ4v) is 2.27. The lowest BCUT2D eigenvalue weighted by Gasteiger charge is -2.14. The van der Waals surface area contributed by atoms with Gasteiger partial charge < -0.3 is 15.7 Å². The van der Waals surface area contributed by atoms with Gasteiger partial charge in [0.25, 0.3) is 0 Å². The summed E-state index contributed by atoms with van der Waals surface area (Å²) in [6.45, 7) is 1.72. The number of hydrogen-bond acceptors (Lipinski definition) is 3. The van der Waals surface area contributed by atoms with Gasteiger partial charge in [-0.05, 0) is 43.0 Å². The number of aliphatic hydroxyl groups is 1. The average Bonchev–Trinajstić information content (AvgIpc) is 2.67. The van der Waals surface area contributed by atoms with Gasteiger partial charge in [-0.3, -0.25) is 0 Å². The second-order valence-electron chi connectivity index (χ2n) is 4.51. The molecule has 1 unspecified atom stereocenters. The number of aliphatic hydroxyl groups excluding tert-OH is 1. The number of nitrogens with two attached hydrogens (primary N) is 1. The third-order valence-electron chi connectivity index (χ3n) is 3.30. The van der Waals surface area contributed by atoms with Crippen LogP contribution < -0.4 is 10.6 Å². The molecule has 1 atom stereocenters. The van der Waals surface area contributed by atoms with Crippen molar-refractivity contribution in [2.45, 2.75) is 25.4 Å². The third kappa shape index (κ3) is 2.20. The first-order valence-electron chi connectivity index (χ1n) is 5.94. The summed E-state index contributed by atoms with van der Waals surface area (Å²) in [6.07, 6.45) is 2.35. The molecule has 88 valence electrons. The Labute approximate surface area is 96.9 Å². The maximum absolute atomic E-state index is 9.98. The molecule has 2 rings (SSSR count). The van der Waals surface area contributed by atoms with Crippen LogP contribution in [0.3, 0.4) is 0 Å². The molecule has 0 saturated heterocycles. The monoisotopic (exact) mass is 220 g/mol. The van der Waals surface area contributed by atoms with Crippen LogP contribution in [0, 0.1) is 0 Å². The molecule has 0 radical (unpaired) electrons. The van der Waals surface area contributed by atoms with E-state index in [-0.39, 0.29) is 6.10 Å². The van der Waals surface area contributed by atoms with Gasteiger partial charge in [0, 0.05) is 19.3 Å². The van der Waals surface area contributed by atoms with E-state index in [2.05, 4.69) is 24.1 Å². The largest absolute Gasteiger partial charge is 0.388 e. The van der Waals surface area contributed by atoms with Crippen LogP contribution in [0.2, 0.25) is 0 Å². The summed E-state index contributed by atoms with van der Waals surface area (Å²) in [7, 11) is 2.11. The smallest absolute Gasteiger partial charge is 0.0790 e. The van der Waals surface area contributed by atoms with E-state index in [9.17, 15) is 5.11 Å². The lowest BCUT2D eigenvalue weighted by Crippen LogP contribution is -2.12. The van der Waals surface area contributed by atoms with E-state index in [1.165, 1.54) is 11.3 Å². The van der Waals surface area contributed by atoms with Crippen molar-refractivity contribution in [3.8, 4) is 0 Å². The van der Waals surface area contributed by atoms with Crippen molar-refractivity contribution in [2.24, 2.45) is 5.73 Å². The van der Waals surface area contributed by atoms with Gasteiger partial charge in [-0.1, -0.05) is 12.1 Å². The van der Waals surface area contributed by atoms with Crippen LogP contribution in [0.4, 0.5) is 5.69 Å². The minimum Gasteiger partial charge on any atom is -0.388 e. The Bertz CT molecular complexity index is 365. The Balaban J connectivity index is 2.12. The van der Waals surface area contributed by atoms with Crippen molar-refractivity contribution in [1.82, 2.24) is 0 Å². The molecule has 1 aromatic rings. The Hall–Kier alpha value is -1.06. The summed E-state index contributed by atoms with van der Waals surface area (Å²) in [6, 6.07) is 6.28. The van der Waals surface area contributed by atoms with Gasteiger partial charge in [-0.25, -0.2) is 0 Å². The Kier molecular flexibility index (Phi) is 3.46. The second-order valence-corrected chi connectivity index (χ2v) is 4.51. The van der Waals surface area contributed by atoms with Crippen molar-refractivity contribution in [3.63, 3.8) is 0 Å². The van der Waals surface area contributed by atoms with Gasteiger partial charge in [-0.2, -0.15) is 0 Å². The number of likely N-dealkylation sites (N-methyl/N-ethyl adjacent to an activating group) is 1. The van der Waals surface area contributed by atoms with Crippen molar-refractivity contribution in [1.29, 1.82) is 0 Å². The Morgan fingerprint density at radius 3 is 3.06 bits per heavy atom. The van der Waals surface area contributed by atoms with E-state index >= 15 is 0 Å². The van der Waals surface area contributed by atoms with Gasteiger partial charge in [0.2, 0.25) is 0 Å². The number of nitrogens with zero attached hydrogens (tertiary/aromatic N) is 1. The highest BCUT2D eigenvalue weighted by Gasteiger charge is 2.17. The maximum atomic E-state index is 9.98. The highest BCUT2D eigenvalue weighted by atomic mass is 16.3. The topological polar surface area (TPSA) is 49.5 Å². The lowest BCUT2D eigenvalue weighted by atomic mass is 10.0. The number of benzene rings is 1. The molecule has 0 amide bonds. The van der Waals surface area contributed by atoms with Crippen molar-refractivity contribution in [2.75, 3.05) is 25.0 Å². The number of anilines is 1. The molecule has 3 nitrogen and oxygen atoms in total. The SMILES string of the molecule is CN1CCc2cc(C(O)CCCN)ccc21. The van der Waals surface area contributed by atoms with Gasteiger partial charge in [-0.15, -0.1) is 0 Å². The van der Waals surface area contributed by atoms with Gasteiger partial charge in [0.05, 0.1) is 6.10 Å². The fourth-order valence-electron chi connectivity index (χ4n) is 2.27. The standard InChI is InChI=1S/C13H20N2O/c1-15-8-6-10-9-11(4-5-12(10)15)13(16)3-2-7-14/h4-5,9,13,16H,2-3,6-8,14H2,1H3. The minimum absolute atomic E-state index is 0.361. The highest BCUT2D eigenvalue weighted by Crippen LogP contribution is 2.30. The summed E-state index contributed by atoms with van der Waals surface area (Å²) < 4.78 is 0. The summed E-state index contributed by atoms with van der Waals surface area (Å²) in [4.78, 5) is 2.26. The summed E-state index contributed by atoms with van der Waals surface area (Å²) in [5, 5.41) is 9.98. The number of fused-ring (bicyclic) bond motifs is 1. The zero-order valence-corrected chi connectivity index (χ0v) is 9.82. The molecule has 3 N–H and O–H groups in total. The van der Waals surface area contributed by atoms with Crippen LogP contribution in [-0.4, -0.2) is 25.2 Å². The quantitative estimate of drug-likeness (QED) is 0.807. The molecule has 1 aliphatic rings. The minimum atomic E-state index is -0.361. The van der Waals surface area contributed by atoms with Crippen LogP contribution in [0.15, 0.2) is 18.2 Å². The molecular weight excluding hydrogens is 200 g/mol. The predicted molar refractivity (Wildman–Crippen MR) is 66.7 cm³/mol. The fraction of sp³-hybridized carbons (Fsp3) is 0.538. The van der Waals surface area contributed by atoms with Gasteiger partial charge in [0.1, 0.15) is 0 Å². The highest BCUT2D eigenvalue weighted by molar-refractivity contribution is 5.58. The molecule has 1 aliphatic heterocycles. The first-order valence-corrected chi connectivity index (χ1v) is 5.94. The van der Waals surface area contributed by atoms with E-state index < -0.39 is 0 Å². The normalized spacial score (nSPS) is 16.3. The molecule has 0 aliphatic carbocycles. The number of hydrogen-bond donors (Lipinski definition) is 2. The third-order valence-corrected chi connectivity index (χ3v) is 3.30. The van der Waals surface area contributed by atoms with Crippen LogP contribution in [0.25, 0.3) is 0 Å². The molecule has 0 aromatic heterocycles. The molecule has 16 heavy (non-hydrogen) atoms. The first kappa shape index (κ1) is 11.4. The zero-order chi connectivity index (χ0) is 11.5. The van der Waals surface area contributed by atoms with Gasteiger partial charge in [0.15, 0.2) is 0 Å². The molecule has 1 heterocycles. The van der Waals surface area contributed by atoms with E-state index in [0.717, 1.165) is 31.4 Å². The molecule has 0 spiro atoms. The first-order chi connectivity index (χ1) is 7.72.